The van der Waals surface area contributed by atoms with Gasteiger partial charge < -0.3 is 28.5 Å². The minimum Gasteiger partial charge on any atom is -0.756 e. The molecule has 1 N–H and O–H groups in total. The minimum absolute atomic E-state index is 0.0204. The number of hydrogen-bond acceptors (Lipinski definition) is 7. The fourth-order valence-corrected chi connectivity index (χ4v) is 12.1. The first-order chi connectivity index (χ1) is 42.4. The standard InChI is InChI=1S/C77H147N2O7P/c1-7-10-13-16-19-22-25-27-29-31-33-35-37-39-41-43-45-47-49-51-54-57-60-63-66-69-76(80)78-74(73-85-87(82,83)84-72-71-79(4,5)6)75(68-65-62-59-56-53-24-21-18-15-12-9-3)86-77(81)70-67-64-61-58-55-52-50-48-46-44-42-40-38-36-34-32-30-28-26-23-20-17-14-11-8-2/h20,23,28,30,34,36,65,68,74-75H,7-19,21-22,24-27,29,31-33,35,37-64,66-67,69-73H2,1-6H3,(H-,78,80,82,83)/b23-20-,30-28-,36-34-,68-65+. The quantitative estimate of drug-likeness (QED) is 0.0212. The van der Waals surface area contributed by atoms with E-state index in [1.807, 2.05) is 33.3 Å². The molecule has 0 aromatic carbocycles. The number of nitrogens with zero attached hydrogens (tertiary/aromatic N) is 1. The smallest absolute Gasteiger partial charge is 0.306 e. The molecule has 0 heterocycles. The molecule has 0 spiro atoms. The van der Waals surface area contributed by atoms with Crippen molar-refractivity contribution < 1.29 is 37.3 Å². The first-order valence-corrected chi connectivity index (χ1v) is 39.4. The predicted molar refractivity (Wildman–Crippen MR) is 376 cm³/mol. The van der Waals surface area contributed by atoms with E-state index in [0.717, 1.165) is 70.6 Å². The maximum absolute atomic E-state index is 13.6. The van der Waals surface area contributed by atoms with Crippen LogP contribution in [0.4, 0.5) is 0 Å². The second kappa shape index (κ2) is 66.9. The number of phosphoric acid groups is 1. The molecule has 0 bridgehead atoms. The van der Waals surface area contributed by atoms with Gasteiger partial charge in [0, 0.05) is 12.8 Å². The summed E-state index contributed by atoms with van der Waals surface area (Å²) in [5.74, 6) is -0.524. The fraction of sp³-hybridized carbons (Fsp3) is 0.870. The van der Waals surface area contributed by atoms with Gasteiger partial charge in [-0.3, -0.25) is 14.2 Å². The molecular formula is C77H147N2O7P. The second-order valence-electron chi connectivity index (χ2n) is 27.2. The molecule has 1 amide bonds. The Kier molecular flexibility index (Phi) is 65.3. The summed E-state index contributed by atoms with van der Waals surface area (Å²) in [6.07, 6.45) is 85.4. The van der Waals surface area contributed by atoms with Gasteiger partial charge in [-0.1, -0.05) is 346 Å². The topological polar surface area (TPSA) is 114 Å². The van der Waals surface area contributed by atoms with Crippen LogP contribution >= 0.6 is 7.82 Å². The van der Waals surface area contributed by atoms with Crippen molar-refractivity contribution in [2.24, 2.45) is 0 Å². The number of quaternary nitrogens is 1. The van der Waals surface area contributed by atoms with Crippen LogP contribution in [0, 0.1) is 0 Å². The molecule has 0 aromatic heterocycles. The van der Waals surface area contributed by atoms with Crippen LogP contribution in [-0.4, -0.2) is 69.4 Å². The highest BCUT2D eigenvalue weighted by molar-refractivity contribution is 7.45. The average Bonchev–Trinajstić information content (AvgIpc) is 3.70. The number of esters is 1. The van der Waals surface area contributed by atoms with Gasteiger partial charge >= 0.3 is 5.97 Å². The second-order valence-corrected chi connectivity index (χ2v) is 28.6. The molecule has 3 unspecified atom stereocenters. The molecule has 10 heteroatoms. The molecule has 9 nitrogen and oxygen atoms in total. The molecule has 512 valence electrons. The van der Waals surface area contributed by atoms with Gasteiger partial charge in [0.05, 0.1) is 33.8 Å². The van der Waals surface area contributed by atoms with E-state index in [1.165, 1.54) is 276 Å². The van der Waals surface area contributed by atoms with Crippen LogP contribution in [0.1, 0.15) is 380 Å². The number of carbonyl (C=O) groups is 2. The Hall–Kier alpha value is -2.03. The van der Waals surface area contributed by atoms with Crippen molar-refractivity contribution in [3.05, 3.63) is 48.6 Å². The number of amides is 1. The number of carbonyl (C=O) groups excluding carboxylic acids is 2. The first-order valence-electron chi connectivity index (χ1n) is 37.9. The Morgan fingerprint density at radius 1 is 0.402 bits per heavy atom. The van der Waals surface area contributed by atoms with Gasteiger partial charge in [0.25, 0.3) is 7.82 Å². The number of unbranched alkanes of at least 4 members (excludes halogenated alkanes) is 48. The van der Waals surface area contributed by atoms with Crippen molar-refractivity contribution in [3.8, 4) is 0 Å². The predicted octanol–water partition coefficient (Wildman–Crippen LogP) is 23.7. The van der Waals surface area contributed by atoms with Gasteiger partial charge in [-0.2, -0.15) is 0 Å². The van der Waals surface area contributed by atoms with Gasteiger partial charge in [0.1, 0.15) is 19.3 Å². The van der Waals surface area contributed by atoms with E-state index in [9.17, 15) is 19.0 Å². The summed E-state index contributed by atoms with van der Waals surface area (Å²) in [6.45, 7) is 6.87. The van der Waals surface area contributed by atoms with Crippen molar-refractivity contribution in [2.45, 2.75) is 392 Å². The number of nitrogens with one attached hydrogen (secondary N) is 1. The molecule has 0 radical (unpaired) electrons. The number of hydrogen-bond donors (Lipinski definition) is 1. The molecule has 0 aliphatic heterocycles. The molecule has 0 fully saturated rings. The zero-order valence-electron chi connectivity index (χ0n) is 58.7. The van der Waals surface area contributed by atoms with E-state index in [2.05, 4.69) is 62.5 Å². The fourth-order valence-electron chi connectivity index (χ4n) is 11.4. The van der Waals surface area contributed by atoms with Gasteiger partial charge in [0.2, 0.25) is 5.91 Å². The Labute approximate surface area is 541 Å². The minimum atomic E-state index is -4.70. The summed E-state index contributed by atoms with van der Waals surface area (Å²) in [6, 6.07) is -0.887. The normalized spacial score (nSPS) is 13.7. The van der Waals surface area contributed by atoms with Gasteiger partial charge in [-0.25, -0.2) is 0 Å². The van der Waals surface area contributed by atoms with Gasteiger partial charge in [-0.05, 0) is 70.3 Å². The zero-order chi connectivity index (χ0) is 63.5. The lowest BCUT2D eigenvalue weighted by Crippen LogP contribution is -2.47. The maximum atomic E-state index is 13.6. The van der Waals surface area contributed by atoms with E-state index in [0.29, 0.717) is 17.4 Å². The number of likely N-dealkylation sites (N-methyl/N-ethyl adjacent to an activating group) is 1. The average molecular weight is 1240 g/mol. The van der Waals surface area contributed by atoms with Crippen LogP contribution in [0.15, 0.2) is 48.6 Å². The van der Waals surface area contributed by atoms with Crippen LogP contribution in [0.2, 0.25) is 0 Å². The summed E-state index contributed by atoms with van der Waals surface area (Å²) in [5.41, 5.74) is 0. The third-order valence-corrected chi connectivity index (χ3v) is 18.2. The lowest BCUT2D eigenvalue weighted by molar-refractivity contribution is -0.870. The number of phosphoric ester groups is 1. The number of allylic oxidation sites excluding steroid dienone is 7. The lowest BCUT2D eigenvalue weighted by Gasteiger charge is -2.30. The highest BCUT2D eigenvalue weighted by atomic mass is 31.2. The van der Waals surface area contributed by atoms with E-state index in [4.69, 9.17) is 13.8 Å². The molecule has 0 saturated carbocycles. The Morgan fingerprint density at radius 2 is 0.701 bits per heavy atom. The highest BCUT2D eigenvalue weighted by Crippen LogP contribution is 2.38. The molecule has 0 rings (SSSR count). The largest absolute Gasteiger partial charge is 0.756 e. The third-order valence-electron chi connectivity index (χ3n) is 17.3. The molecule has 87 heavy (non-hydrogen) atoms. The monoisotopic (exact) mass is 1240 g/mol. The summed E-state index contributed by atoms with van der Waals surface area (Å²) in [7, 11) is 1.20. The SMILES string of the molecule is CCCCC/C=C\C/C=C\C/C=C\CCCCCCCCCCCCCCC(=O)OC(/C=C/CCCCCCCCCCC)C(COP(=O)([O-])OCC[N+](C)(C)C)NC(=O)CCCCCCCCCCCCCCCCCCCCCCCCCCC. The summed E-state index contributed by atoms with van der Waals surface area (Å²) < 4.78 is 30.5. The lowest BCUT2D eigenvalue weighted by atomic mass is 10.0. The van der Waals surface area contributed by atoms with Crippen molar-refractivity contribution in [1.82, 2.24) is 5.32 Å². The van der Waals surface area contributed by atoms with Crippen LogP contribution in [-0.2, 0) is 27.9 Å². The van der Waals surface area contributed by atoms with Crippen LogP contribution in [0.3, 0.4) is 0 Å². The number of rotatable bonds is 70. The van der Waals surface area contributed by atoms with Crippen molar-refractivity contribution >= 4 is 19.7 Å². The summed E-state index contributed by atoms with van der Waals surface area (Å²) >= 11 is 0. The zero-order valence-corrected chi connectivity index (χ0v) is 59.6. The van der Waals surface area contributed by atoms with E-state index in [-0.39, 0.29) is 31.5 Å². The number of ether oxygens (including phenoxy) is 1. The van der Waals surface area contributed by atoms with Crippen molar-refractivity contribution in [2.75, 3.05) is 40.9 Å². The highest BCUT2D eigenvalue weighted by Gasteiger charge is 2.27. The molecule has 0 aromatic rings. The Morgan fingerprint density at radius 3 is 1.07 bits per heavy atom. The summed E-state index contributed by atoms with van der Waals surface area (Å²) in [5, 5.41) is 3.05. The van der Waals surface area contributed by atoms with E-state index in [1.54, 1.807) is 0 Å². The first kappa shape index (κ1) is 85.0. The van der Waals surface area contributed by atoms with Crippen molar-refractivity contribution in [3.63, 3.8) is 0 Å². The third kappa shape index (κ3) is 68.2. The maximum Gasteiger partial charge on any atom is 0.306 e. The summed E-state index contributed by atoms with van der Waals surface area (Å²) in [4.78, 5) is 40.2. The van der Waals surface area contributed by atoms with Crippen LogP contribution < -0.4 is 10.2 Å². The molecule has 0 aliphatic rings. The molecule has 3 atom stereocenters. The van der Waals surface area contributed by atoms with Crippen LogP contribution in [0.25, 0.3) is 0 Å². The Balaban J connectivity index is 4.92. The molecule has 0 aliphatic carbocycles. The van der Waals surface area contributed by atoms with Gasteiger partial charge in [-0.15, -0.1) is 0 Å². The van der Waals surface area contributed by atoms with E-state index >= 15 is 0 Å². The Bertz CT molecular complexity index is 1620. The van der Waals surface area contributed by atoms with Crippen LogP contribution in [0.5, 0.6) is 0 Å². The van der Waals surface area contributed by atoms with Gasteiger partial charge in [0.15, 0.2) is 0 Å². The molecular weight excluding hydrogens is 1100 g/mol. The molecule has 0 saturated heterocycles. The van der Waals surface area contributed by atoms with E-state index < -0.39 is 20.0 Å². The van der Waals surface area contributed by atoms with Crippen molar-refractivity contribution in [1.29, 1.82) is 0 Å².